The Labute approximate surface area is 101 Å². The number of ether oxygens (including phenoxy) is 1. The lowest BCUT2D eigenvalue weighted by Gasteiger charge is -2.17. The number of nitrogens with zero attached hydrogens (tertiary/aromatic N) is 2. The number of aromatic nitrogens is 2. The molecule has 0 aliphatic carbocycles. The van der Waals surface area contributed by atoms with E-state index in [1.54, 1.807) is 13.3 Å². The van der Waals surface area contributed by atoms with E-state index < -0.39 is 0 Å². The number of anilines is 2. The van der Waals surface area contributed by atoms with Crippen molar-refractivity contribution >= 4 is 11.8 Å². The van der Waals surface area contributed by atoms with Gasteiger partial charge in [0.15, 0.2) is 0 Å². The summed E-state index contributed by atoms with van der Waals surface area (Å²) in [7, 11) is 1.60. The molecule has 1 unspecified atom stereocenters. The third-order valence-electron chi connectivity index (χ3n) is 2.24. The molecule has 0 spiro atoms. The minimum absolute atomic E-state index is 0.00613. The average Bonchev–Trinajstić information content (AvgIpc) is 2.33. The summed E-state index contributed by atoms with van der Waals surface area (Å²) >= 11 is 0. The van der Waals surface area contributed by atoms with Gasteiger partial charge in [0.2, 0.25) is 5.95 Å². The number of nitrogens with one attached hydrogen (secondary N) is 2. The minimum atomic E-state index is -0.164. The summed E-state index contributed by atoms with van der Waals surface area (Å²) in [6, 6.07) is -0.164. The van der Waals surface area contributed by atoms with E-state index in [1.165, 1.54) is 0 Å². The Morgan fingerprint density at radius 2 is 2.29 bits per heavy atom. The van der Waals surface area contributed by atoms with Crippen molar-refractivity contribution in [3.63, 3.8) is 0 Å². The van der Waals surface area contributed by atoms with Crippen LogP contribution in [0.15, 0.2) is 6.20 Å². The van der Waals surface area contributed by atoms with Crippen LogP contribution in [0.25, 0.3) is 0 Å². The van der Waals surface area contributed by atoms with E-state index in [-0.39, 0.29) is 12.6 Å². The summed E-state index contributed by atoms with van der Waals surface area (Å²) in [5.74, 6) is 1.29. The van der Waals surface area contributed by atoms with Crippen LogP contribution in [0.3, 0.4) is 0 Å². The highest BCUT2D eigenvalue weighted by Crippen LogP contribution is 2.13. The zero-order valence-electron chi connectivity index (χ0n) is 10.5. The summed E-state index contributed by atoms with van der Waals surface area (Å²) in [4.78, 5) is 8.48. The van der Waals surface area contributed by atoms with Crippen LogP contribution in [0.4, 0.5) is 11.8 Å². The van der Waals surface area contributed by atoms with Gasteiger partial charge in [-0.15, -0.1) is 0 Å². The lowest BCUT2D eigenvalue weighted by molar-refractivity contribution is 0.153. The number of hydrogen-bond acceptors (Lipinski definition) is 6. The van der Waals surface area contributed by atoms with Crippen molar-refractivity contribution in [2.24, 2.45) is 0 Å². The van der Waals surface area contributed by atoms with Gasteiger partial charge in [0.1, 0.15) is 5.82 Å². The Morgan fingerprint density at radius 3 is 2.88 bits per heavy atom. The zero-order valence-corrected chi connectivity index (χ0v) is 10.5. The third-order valence-corrected chi connectivity index (χ3v) is 2.24. The van der Waals surface area contributed by atoms with Crippen LogP contribution in [0, 0.1) is 6.92 Å². The number of aliphatic hydroxyl groups excluding tert-OH is 1. The fourth-order valence-corrected chi connectivity index (χ4v) is 1.37. The summed E-state index contributed by atoms with van der Waals surface area (Å²) in [5.41, 5.74) is 0.932. The van der Waals surface area contributed by atoms with Crippen LogP contribution in [-0.4, -0.2) is 48.0 Å². The fraction of sp³-hybridized carbons (Fsp3) is 0.636. The lowest BCUT2D eigenvalue weighted by Crippen LogP contribution is -2.29. The van der Waals surface area contributed by atoms with Crippen LogP contribution in [-0.2, 0) is 4.74 Å². The van der Waals surface area contributed by atoms with Gasteiger partial charge >= 0.3 is 0 Å². The van der Waals surface area contributed by atoms with Crippen molar-refractivity contribution in [2.75, 3.05) is 37.5 Å². The van der Waals surface area contributed by atoms with E-state index >= 15 is 0 Å². The smallest absolute Gasteiger partial charge is 0.224 e. The molecule has 0 amide bonds. The first kappa shape index (κ1) is 13.7. The zero-order chi connectivity index (χ0) is 12.7. The summed E-state index contributed by atoms with van der Waals surface area (Å²) in [6.45, 7) is 5.09. The van der Waals surface area contributed by atoms with Gasteiger partial charge in [-0.05, 0) is 13.8 Å². The molecule has 0 fully saturated rings. The SMILES string of the molecule is CCNc1ncc(C)c(NC(CO)COC)n1. The van der Waals surface area contributed by atoms with Gasteiger partial charge in [-0.25, -0.2) is 4.98 Å². The summed E-state index contributed by atoms with van der Waals surface area (Å²) in [5, 5.41) is 15.4. The highest BCUT2D eigenvalue weighted by Gasteiger charge is 2.10. The maximum Gasteiger partial charge on any atom is 0.224 e. The molecule has 0 aliphatic rings. The van der Waals surface area contributed by atoms with E-state index in [0.717, 1.165) is 12.1 Å². The van der Waals surface area contributed by atoms with E-state index in [2.05, 4.69) is 20.6 Å². The number of rotatable bonds is 7. The molecular weight excluding hydrogens is 220 g/mol. The first-order chi connectivity index (χ1) is 8.21. The fourth-order valence-electron chi connectivity index (χ4n) is 1.37. The van der Waals surface area contributed by atoms with Gasteiger partial charge in [-0.3, -0.25) is 0 Å². The second kappa shape index (κ2) is 7.03. The van der Waals surface area contributed by atoms with Gasteiger partial charge in [0.25, 0.3) is 0 Å². The van der Waals surface area contributed by atoms with Crippen LogP contribution >= 0.6 is 0 Å². The Bertz CT molecular complexity index is 346. The molecule has 0 bridgehead atoms. The molecule has 1 aromatic heterocycles. The summed E-state index contributed by atoms with van der Waals surface area (Å²) < 4.78 is 5.00. The van der Waals surface area contributed by atoms with E-state index in [0.29, 0.717) is 18.4 Å². The van der Waals surface area contributed by atoms with E-state index in [1.807, 2.05) is 13.8 Å². The molecule has 1 atom stereocenters. The molecule has 96 valence electrons. The molecule has 1 heterocycles. The van der Waals surface area contributed by atoms with Crippen molar-refractivity contribution in [3.8, 4) is 0 Å². The average molecular weight is 240 g/mol. The first-order valence-corrected chi connectivity index (χ1v) is 5.65. The van der Waals surface area contributed by atoms with Crippen molar-refractivity contribution in [1.29, 1.82) is 0 Å². The number of hydrogen-bond donors (Lipinski definition) is 3. The molecule has 17 heavy (non-hydrogen) atoms. The Morgan fingerprint density at radius 1 is 1.53 bits per heavy atom. The molecule has 1 rings (SSSR count). The second-order valence-electron chi connectivity index (χ2n) is 3.73. The Hall–Kier alpha value is -1.40. The monoisotopic (exact) mass is 240 g/mol. The minimum Gasteiger partial charge on any atom is -0.394 e. The van der Waals surface area contributed by atoms with E-state index in [4.69, 9.17) is 4.74 Å². The van der Waals surface area contributed by atoms with Crippen LogP contribution in [0.5, 0.6) is 0 Å². The van der Waals surface area contributed by atoms with Crippen molar-refractivity contribution in [1.82, 2.24) is 9.97 Å². The topological polar surface area (TPSA) is 79.3 Å². The largest absolute Gasteiger partial charge is 0.394 e. The van der Waals surface area contributed by atoms with Crippen molar-refractivity contribution in [3.05, 3.63) is 11.8 Å². The molecule has 0 radical (unpaired) electrons. The van der Waals surface area contributed by atoms with Gasteiger partial charge in [-0.1, -0.05) is 0 Å². The Kier molecular flexibility index (Phi) is 5.65. The first-order valence-electron chi connectivity index (χ1n) is 5.65. The highest BCUT2D eigenvalue weighted by atomic mass is 16.5. The predicted molar refractivity (Wildman–Crippen MR) is 67.3 cm³/mol. The molecule has 0 aromatic carbocycles. The van der Waals surface area contributed by atoms with Gasteiger partial charge in [0.05, 0.1) is 19.3 Å². The standard InChI is InChI=1S/C11H20N4O2/c1-4-12-11-13-5-8(2)10(15-11)14-9(6-16)7-17-3/h5,9,16H,4,6-7H2,1-3H3,(H2,12,13,14,15). The van der Waals surface area contributed by atoms with Gasteiger partial charge < -0.3 is 20.5 Å². The van der Waals surface area contributed by atoms with Gasteiger partial charge in [-0.2, -0.15) is 4.98 Å². The molecule has 6 nitrogen and oxygen atoms in total. The molecule has 0 saturated carbocycles. The predicted octanol–water partition coefficient (Wildman–Crippen LogP) is 0.636. The molecule has 1 aromatic rings. The second-order valence-corrected chi connectivity index (χ2v) is 3.73. The quantitative estimate of drug-likeness (QED) is 0.649. The maximum absolute atomic E-state index is 9.18. The van der Waals surface area contributed by atoms with Crippen LogP contribution in [0.2, 0.25) is 0 Å². The van der Waals surface area contributed by atoms with Crippen molar-refractivity contribution in [2.45, 2.75) is 19.9 Å². The molecule has 0 aliphatic heterocycles. The molecule has 0 saturated heterocycles. The highest BCUT2D eigenvalue weighted by molar-refractivity contribution is 5.47. The molecule has 6 heteroatoms. The normalized spacial score (nSPS) is 12.2. The van der Waals surface area contributed by atoms with Gasteiger partial charge in [0, 0.05) is 25.4 Å². The lowest BCUT2D eigenvalue weighted by atomic mass is 10.3. The Balaban J connectivity index is 2.76. The molecular formula is C11H20N4O2. The maximum atomic E-state index is 9.18. The summed E-state index contributed by atoms with van der Waals surface area (Å²) in [6.07, 6.45) is 1.74. The number of aryl methyl sites for hydroxylation is 1. The van der Waals surface area contributed by atoms with E-state index in [9.17, 15) is 5.11 Å². The van der Waals surface area contributed by atoms with Crippen LogP contribution < -0.4 is 10.6 Å². The third kappa shape index (κ3) is 4.16. The molecule has 3 N–H and O–H groups in total. The van der Waals surface area contributed by atoms with Crippen LogP contribution in [0.1, 0.15) is 12.5 Å². The van der Waals surface area contributed by atoms with Crippen molar-refractivity contribution < 1.29 is 9.84 Å². The number of methoxy groups -OCH3 is 1. The number of aliphatic hydroxyl groups is 1.